The number of carboxylic acids is 1. The molecule has 0 saturated carbocycles. The first-order valence-corrected chi connectivity index (χ1v) is 6.44. The minimum Gasteiger partial charge on any atom is -0.479 e. The lowest BCUT2D eigenvalue weighted by atomic mass is 10.0. The van der Waals surface area contributed by atoms with Gasteiger partial charge in [0.25, 0.3) is 0 Å². The molecule has 0 saturated heterocycles. The smallest absolute Gasteiger partial charge is 0.397 e. The molecule has 0 bridgehead atoms. The van der Waals surface area contributed by atoms with Crippen LogP contribution in [0.15, 0.2) is 0 Å². The summed E-state index contributed by atoms with van der Waals surface area (Å²) in [6.07, 6.45) is -6.84. The van der Waals surface area contributed by atoms with Crippen LogP contribution in [-0.4, -0.2) is 93.5 Å². The summed E-state index contributed by atoms with van der Waals surface area (Å²) < 4.78 is 30.4. The quantitative estimate of drug-likeness (QED) is 0.165. The number of aliphatic hydroxyl groups excluding tert-OH is 5. The zero-order valence-corrected chi connectivity index (χ0v) is 11.2. The van der Waals surface area contributed by atoms with E-state index in [1.165, 1.54) is 0 Å². The van der Waals surface area contributed by atoms with E-state index in [1.54, 1.807) is 0 Å². The number of carbonyl (C=O) groups excluding carboxylic acids is 1. The highest BCUT2D eigenvalue weighted by molar-refractivity contribution is 7.80. The number of hydrogen-bond donors (Lipinski definition) is 7. The van der Waals surface area contributed by atoms with Crippen LogP contribution in [0.2, 0.25) is 0 Å². The molecule has 0 rings (SSSR count). The van der Waals surface area contributed by atoms with Gasteiger partial charge in [-0.15, -0.1) is 0 Å². The molecular formula is C8H16O12S. The second kappa shape index (κ2) is 10.5. The van der Waals surface area contributed by atoms with E-state index >= 15 is 0 Å². The second-order valence-corrected chi connectivity index (χ2v) is 4.53. The van der Waals surface area contributed by atoms with Crippen molar-refractivity contribution >= 4 is 22.7 Å². The summed E-state index contributed by atoms with van der Waals surface area (Å²) in [5.41, 5.74) is 0. The Morgan fingerprint density at radius 3 is 1.86 bits per heavy atom. The molecule has 0 unspecified atom stereocenters. The molecule has 126 valence electrons. The van der Waals surface area contributed by atoms with Gasteiger partial charge in [-0.05, 0) is 0 Å². The molecule has 0 amide bonds. The molecule has 0 spiro atoms. The molecule has 0 heterocycles. The predicted molar refractivity (Wildman–Crippen MR) is 62.3 cm³/mol. The first-order chi connectivity index (χ1) is 9.46. The van der Waals surface area contributed by atoms with Gasteiger partial charge in [-0.25, -0.2) is 8.98 Å². The van der Waals surface area contributed by atoms with Crippen molar-refractivity contribution < 1.29 is 57.4 Å². The van der Waals surface area contributed by atoms with Gasteiger partial charge in [-0.2, -0.15) is 8.42 Å². The Hall–Kier alpha value is -1.19. The number of rotatable bonds is 8. The highest BCUT2D eigenvalue weighted by Gasteiger charge is 2.29. The minimum absolute atomic E-state index is 0.0258. The molecule has 13 heteroatoms. The van der Waals surface area contributed by atoms with Crippen molar-refractivity contribution in [3.63, 3.8) is 0 Å². The molecule has 7 N–H and O–H groups in total. The lowest BCUT2D eigenvalue weighted by Crippen LogP contribution is -2.46. The van der Waals surface area contributed by atoms with Crippen LogP contribution in [0.25, 0.3) is 0 Å². The van der Waals surface area contributed by atoms with E-state index < -0.39 is 54.0 Å². The zero-order chi connectivity index (χ0) is 17.2. The van der Waals surface area contributed by atoms with E-state index in [-0.39, 0.29) is 6.29 Å². The number of carboxylic acid groups (broad SMARTS) is 1. The van der Waals surface area contributed by atoms with E-state index in [0.717, 1.165) is 0 Å². The number of hydrogen-bond acceptors (Lipinski definition) is 10. The van der Waals surface area contributed by atoms with Gasteiger partial charge in [-0.1, -0.05) is 0 Å². The Morgan fingerprint density at radius 1 is 1.14 bits per heavy atom. The third kappa shape index (κ3) is 12.3. The number of aliphatic hydroxyl groups is 5. The van der Waals surface area contributed by atoms with Crippen molar-refractivity contribution in [2.24, 2.45) is 0 Å². The number of carbonyl (C=O) groups is 2. The van der Waals surface area contributed by atoms with Crippen molar-refractivity contribution in [3.8, 4) is 0 Å². The molecule has 0 aromatic rings. The van der Waals surface area contributed by atoms with Crippen molar-refractivity contribution in [3.05, 3.63) is 0 Å². The fourth-order valence-corrected chi connectivity index (χ4v) is 0.993. The van der Waals surface area contributed by atoms with E-state index in [2.05, 4.69) is 4.18 Å². The fraction of sp³-hybridized carbons (Fsp3) is 0.750. The lowest BCUT2D eigenvalue weighted by Gasteiger charge is -2.22. The molecule has 0 aromatic heterocycles. The summed E-state index contributed by atoms with van der Waals surface area (Å²) in [5, 5.41) is 51.3. The van der Waals surface area contributed by atoms with Crippen molar-refractivity contribution in [1.29, 1.82) is 0 Å². The summed E-state index contributed by atoms with van der Waals surface area (Å²) in [7, 11) is -4.60. The van der Waals surface area contributed by atoms with Crippen LogP contribution in [0.5, 0.6) is 0 Å². The van der Waals surface area contributed by atoms with Crippen molar-refractivity contribution in [1.82, 2.24) is 0 Å². The lowest BCUT2D eigenvalue weighted by molar-refractivity contribution is -0.139. The van der Waals surface area contributed by atoms with Crippen LogP contribution in [0.3, 0.4) is 0 Å². The zero-order valence-electron chi connectivity index (χ0n) is 10.4. The third-order valence-electron chi connectivity index (χ3n) is 1.75. The first kappa shape index (κ1) is 22.1. The van der Waals surface area contributed by atoms with Gasteiger partial charge in [0.15, 0.2) is 12.9 Å². The molecule has 0 fully saturated rings. The van der Waals surface area contributed by atoms with Crippen LogP contribution in [-0.2, 0) is 24.2 Å². The van der Waals surface area contributed by atoms with Crippen LogP contribution in [0.4, 0.5) is 0 Å². The van der Waals surface area contributed by atoms with E-state index in [1.807, 2.05) is 0 Å². The Balaban J connectivity index is 0. The van der Waals surface area contributed by atoms with Gasteiger partial charge in [-0.3, -0.25) is 4.55 Å². The predicted octanol–water partition coefficient (Wildman–Crippen LogP) is -4.49. The maximum Gasteiger partial charge on any atom is 0.397 e. The van der Waals surface area contributed by atoms with Gasteiger partial charge in [0.2, 0.25) is 0 Å². The maximum absolute atomic E-state index is 9.90. The highest BCUT2D eigenvalue weighted by atomic mass is 32.3. The Bertz CT molecular complexity index is 405. The van der Waals surface area contributed by atoms with E-state index in [4.69, 9.17) is 35.2 Å². The van der Waals surface area contributed by atoms with Crippen LogP contribution in [0.1, 0.15) is 0 Å². The first-order valence-electron chi connectivity index (χ1n) is 5.08. The van der Waals surface area contributed by atoms with Crippen molar-refractivity contribution in [2.45, 2.75) is 24.4 Å². The molecule has 21 heavy (non-hydrogen) atoms. The Kier molecular flexibility index (Phi) is 11.1. The third-order valence-corrected chi connectivity index (χ3v) is 2.17. The molecular weight excluding hydrogens is 320 g/mol. The standard InChI is InChI=1S/C6H12O6.C2H4O6S/c7-1-3(9)5(11)6(12)4(10)2-8;3-2(4)1-8-9(5,6)7/h1,3-6,8-12H,2H2;1H2,(H,3,4)(H,5,6,7)/t3-,4+,5+,6+;/m0./s1. The van der Waals surface area contributed by atoms with Gasteiger partial charge < -0.3 is 35.4 Å². The van der Waals surface area contributed by atoms with Gasteiger partial charge in [0.1, 0.15) is 24.4 Å². The minimum atomic E-state index is -4.60. The SMILES string of the molecule is O=C(O)COS(=O)(=O)O.O=C[C@H](O)[C@@H](O)[C@H](O)[C@H](O)CO. The molecule has 0 aromatic carbocycles. The monoisotopic (exact) mass is 336 g/mol. The Labute approximate surface area is 118 Å². The summed E-state index contributed by atoms with van der Waals surface area (Å²) in [5.74, 6) is -1.47. The Morgan fingerprint density at radius 2 is 1.62 bits per heavy atom. The average Bonchev–Trinajstić information content (AvgIpc) is 2.41. The molecule has 12 nitrogen and oxygen atoms in total. The largest absolute Gasteiger partial charge is 0.479 e. The molecule has 4 atom stereocenters. The summed E-state index contributed by atoms with van der Waals surface area (Å²) >= 11 is 0. The summed E-state index contributed by atoms with van der Waals surface area (Å²) in [6, 6.07) is 0. The molecule has 0 aliphatic carbocycles. The van der Waals surface area contributed by atoms with Crippen molar-refractivity contribution in [2.75, 3.05) is 13.2 Å². The van der Waals surface area contributed by atoms with Gasteiger partial charge in [0, 0.05) is 0 Å². The number of aliphatic carboxylic acids is 1. The topological polar surface area (TPSA) is 219 Å². The fourth-order valence-electron chi connectivity index (χ4n) is 0.743. The summed E-state index contributed by atoms with van der Waals surface area (Å²) in [6.45, 7) is -1.82. The molecule has 0 radical (unpaired) electrons. The normalized spacial score (nSPS) is 16.9. The highest BCUT2D eigenvalue weighted by Crippen LogP contribution is 2.02. The number of aldehydes is 1. The van der Waals surface area contributed by atoms with Gasteiger partial charge >= 0.3 is 16.4 Å². The molecule has 0 aliphatic rings. The molecule has 0 aliphatic heterocycles. The van der Waals surface area contributed by atoms with Crippen LogP contribution < -0.4 is 0 Å². The second-order valence-electron chi connectivity index (χ2n) is 3.44. The maximum atomic E-state index is 9.90. The van der Waals surface area contributed by atoms with E-state index in [0.29, 0.717) is 0 Å². The average molecular weight is 336 g/mol. The van der Waals surface area contributed by atoms with Gasteiger partial charge in [0.05, 0.1) is 6.61 Å². The van der Waals surface area contributed by atoms with E-state index in [9.17, 15) is 18.0 Å². The summed E-state index contributed by atoms with van der Waals surface area (Å²) in [4.78, 5) is 19.4. The van der Waals surface area contributed by atoms with Crippen LogP contribution in [0, 0.1) is 0 Å². The van der Waals surface area contributed by atoms with Crippen LogP contribution >= 0.6 is 0 Å².